The van der Waals surface area contributed by atoms with E-state index in [0.717, 1.165) is 24.0 Å². The molecule has 0 saturated carbocycles. The van der Waals surface area contributed by atoms with Gasteiger partial charge in [0.15, 0.2) is 5.96 Å². The standard InChI is InChI=1S/C23H32N4O3S/c1-3-24-22(26-18-23(2,28)20-9-5-4-6-10-20)25-17-19-11-13-21(14-12-19)31(29,30)27-15-7-8-16-27/h4-6,9-14,28H,3,7-8,15-18H2,1-2H3,(H2,24,25,26). The predicted molar refractivity (Wildman–Crippen MR) is 123 cm³/mol. The Labute approximate surface area is 185 Å². The number of aliphatic hydroxyl groups is 1. The monoisotopic (exact) mass is 444 g/mol. The van der Waals surface area contributed by atoms with Crippen molar-refractivity contribution in [2.75, 3.05) is 26.2 Å². The molecule has 1 unspecified atom stereocenters. The van der Waals surface area contributed by atoms with Gasteiger partial charge in [0.2, 0.25) is 10.0 Å². The van der Waals surface area contributed by atoms with Crippen molar-refractivity contribution in [2.45, 2.75) is 43.7 Å². The van der Waals surface area contributed by atoms with E-state index in [1.165, 1.54) is 0 Å². The molecule has 1 saturated heterocycles. The number of aliphatic imine (C=N–C) groups is 1. The molecule has 1 aliphatic rings. The Morgan fingerprint density at radius 3 is 2.32 bits per heavy atom. The molecule has 8 heteroatoms. The maximum absolute atomic E-state index is 12.6. The van der Waals surface area contributed by atoms with Gasteiger partial charge >= 0.3 is 0 Å². The fourth-order valence-corrected chi connectivity index (χ4v) is 5.03. The Morgan fingerprint density at radius 1 is 1.06 bits per heavy atom. The molecule has 1 aliphatic heterocycles. The lowest BCUT2D eigenvalue weighted by Crippen LogP contribution is -2.44. The van der Waals surface area contributed by atoms with Gasteiger partial charge in [0, 0.05) is 19.6 Å². The highest BCUT2D eigenvalue weighted by Gasteiger charge is 2.27. The second-order valence-corrected chi connectivity index (χ2v) is 9.88. The molecule has 7 nitrogen and oxygen atoms in total. The van der Waals surface area contributed by atoms with Crippen molar-refractivity contribution in [3.8, 4) is 0 Å². The number of nitrogens with one attached hydrogen (secondary N) is 2. The lowest BCUT2D eigenvalue weighted by molar-refractivity contribution is 0.0617. The first-order valence-corrected chi connectivity index (χ1v) is 12.2. The van der Waals surface area contributed by atoms with Gasteiger partial charge in [-0.2, -0.15) is 4.31 Å². The number of nitrogens with zero attached hydrogens (tertiary/aromatic N) is 2. The van der Waals surface area contributed by atoms with E-state index in [1.807, 2.05) is 37.3 Å². The van der Waals surface area contributed by atoms with Crippen LogP contribution >= 0.6 is 0 Å². The maximum Gasteiger partial charge on any atom is 0.243 e. The minimum absolute atomic E-state index is 0.301. The van der Waals surface area contributed by atoms with Gasteiger partial charge in [-0.3, -0.25) is 0 Å². The summed E-state index contributed by atoms with van der Waals surface area (Å²) < 4.78 is 26.8. The molecule has 3 N–H and O–H groups in total. The third-order valence-electron chi connectivity index (χ3n) is 5.39. The number of sulfonamides is 1. The average molecular weight is 445 g/mol. The van der Waals surface area contributed by atoms with E-state index in [4.69, 9.17) is 0 Å². The summed E-state index contributed by atoms with van der Waals surface area (Å²) >= 11 is 0. The minimum Gasteiger partial charge on any atom is -0.384 e. The van der Waals surface area contributed by atoms with E-state index in [1.54, 1.807) is 35.5 Å². The molecule has 168 valence electrons. The highest BCUT2D eigenvalue weighted by Crippen LogP contribution is 2.21. The predicted octanol–water partition coefficient (Wildman–Crippen LogP) is 2.43. The van der Waals surface area contributed by atoms with Gasteiger partial charge in [0.25, 0.3) is 0 Å². The summed E-state index contributed by atoms with van der Waals surface area (Å²) in [6.45, 7) is 6.32. The van der Waals surface area contributed by atoms with Crippen LogP contribution in [-0.4, -0.2) is 50.0 Å². The van der Waals surface area contributed by atoms with E-state index >= 15 is 0 Å². The summed E-state index contributed by atoms with van der Waals surface area (Å²) in [6.07, 6.45) is 1.84. The number of hydrogen-bond donors (Lipinski definition) is 3. The van der Waals surface area contributed by atoms with E-state index in [-0.39, 0.29) is 0 Å². The minimum atomic E-state index is -3.40. The lowest BCUT2D eigenvalue weighted by Gasteiger charge is -2.25. The first kappa shape index (κ1) is 23.2. The Bertz CT molecular complexity index is 968. The normalized spacial score (nSPS) is 17.3. The van der Waals surface area contributed by atoms with E-state index in [9.17, 15) is 13.5 Å². The Hall–Kier alpha value is -2.42. The number of guanidine groups is 1. The lowest BCUT2D eigenvalue weighted by atomic mass is 9.96. The molecule has 2 aromatic rings. The van der Waals surface area contributed by atoms with Crippen LogP contribution in [0.2, 0.25) is 0 Å². The summed E-state index contributed by atoms with van der Waals surface area (Å²) in [5.41, 5.74) is 0.698. The zero-order valence-corrected chi connectivity index (χ0v) is 19.0. The van der Waals surface area contributed by atoms with Crippen molar-refractivity contribution in [3.05, 3.63) is 65.7 Å². The van der Waals surface area contributed by atoms with Gasteiger partial charge in [-0.1, -0.05) is 42.5 Å². The molecule has 0 aliphatic carbocycles. The first-order valence-electron chi connectivity index (χ1n) is 10.7. The Morgan fingerprint density at radius 2 is 1.71 bits per heavy atom. The van der Waals surface area contributed by atoms with Gasteiger partial charge in [0.1, 0.15) is 5.60 Å². The average Bonchev–Trinajstić information content (AvgIpc) is 3.33. The quantitative estimate of drug-likeness (QED) is 0.430. The van der Waals surface area contributed by atoms with E-state index in [2.05, 4.69) is 15.6 Å². The molecule has 0 bridgehead atoms. The van der Waals surface area contributed by atoms with Crippen LogP contribution in [0.1, 0.15) is 37.8 Å². The molecular formula is C23H32N4O3S. The molecule has 0 radical (unpaired) electrons. The van der Waals surface area contributed by atoms with Gasteiger partial charge in [-0.15, -0.1) is 0 Å². The molecule has 31 heavy (non-hydrogen) atoms. The smallest absolute Gasteiger partial charge is 0.243 e. The first-order chi connectivity index (χ1) is 14.8. The number of hydrogen-bond acceptors (Lipinski definition) is 4. The summed E-state index contributed by atoms with van der Waals surface area (Å²) in [5, 5.41) is 17.1. The summed E-state index contributed by atoms with van der Waals surface area (Å²) in [7, 11) is -3.40. The molecular weight excluding hydrogens is 412 g/mol. The van der Waals surface area contributed by atoms with Crippen molar-refractivity contribution >= 4 is 16.0 Å². The van der Waals surface area contributed by atoms with Gasteiger partial charge in [-0.25, -0.2) is 13.4 Å². The van der Waals surface area contributed by atoms with Crippen LogP contribution in [0.3, 0.4) is 0 Å². The molecule has 0 amide bonds. The summed E-state index contributed by atoms with van der Waals surface area (Å²) in [5.74, 6) is 0.590. The highest BCUT2D eigenvalue weighted by molar-refractivity contribution is 7.89. The molecule has 0 spiro atoms. The second kappa shape index (κ2) is 10.3. The van der Waals surface area contributed by atoms with Crippen molar-refractivity contribution in [3.63, 3.8) is 0 Å². The summed E-state index contributed by atoms with van der Waals surface area (Å²) in [6, 6.07) is 16.4. The molecule has 1 atom stereocenters. The zero-order chi connectivity index (χ0) is 22.3. The Kier molecular flexibility index (Phi) is 7.69. The fourth-order valence-electron chi connectivity index (χ4n) is 3.51. The number of benzene rings is 2. The van der Waals surface area contributed by atoms with Crippen molar-refractivity contribution in [1.82, 2.24) is 14.9 Å². The fraction of sp³-hybridized carbons (Fsp3) is 0.435. The van der Waals surface area contributed by atoms with Gasteiger partial charge < -0.3 is 15.7 Å². The third kappa shape index (κ3) is 6.06. The topological polar surface area (TPSA) is 94.0 Å². The van der Waals surface area contributed by atoms with Crippen LogP contribution in [0.4, 0.5) is 0 Å². The van der Waals surface area contributed by atoms with Crippen LogP contribution in [0.15, 0.2) is 64.5 Å². The highest BCUT2D eigenvalue weighted by atomic mass is 32.2. The van der Waals surface area contributed by atoms with Crippen LogP contribution in [0.25, 0.3) is 0 Å². The van der Waals surface area contributed by atoms with Gasteiger partial charge in [0.05, 0.1) is 18.0 Å². The van der Waals surface area contributed by atoms with Crippen LogP contribution < -0.4 is 10.6 Å². The molecule has 3 rings (SSSR count). The van der Waals surface area contributed by atoms with Crippen LogP contribution in [0, 0.1) is 0 Å². The van der Waals surface area contributed by atoms with Crippen molar-refractivity contribution in [2.24, 2.45) is 4.99 Å². The SMILES string of the molecule is CCNC(=NCc1ccc(S(=O)(=O)N2CCCC2)cc1)NCC(C)(O)c1ccccc1. The molecule has 2 aromatic carbocycles. The third-order valence-corrected chi connectivity index (χ3v) is 7.30. The Balaban J connectivity index is 1.63. The van der Waals surface area contributed by atoms with E-state index < -0.39 is 15.6 Å². The molecule has 1 fully saturated rings. The van der Waals surface area contributed by atoms with E-state index in [0.29, 0.717) is 43.6 Å². The van der Waals surface area contributed by atoms with Gasteiger partial charge in [-0.05, 0) is 49.9 Å². The maximum atomic E-state index is 12.6. The zero-order valence-electron chi connectivity index (χ0n) is 18.2. The van der Waals surface area contributed by atoms with Crippen LogP contribution in [-0.2, 0) is 22.2 Å². The largest absolute Gasteiger partial charge is 0.384 e. The van der Waals surface area contributed by atoms with Crippen LogP contribution in [0.5, 0.6) is 0 Å². The molecule has 0 aromatic heterocycles. The second-order valence-electron chi connectivity index (χ2n) is 7.94. The summed E-state index contributed by atoms with van der Waals surface area (Å²) in [4.78, 5) is 4.90. The molecule has 1 heterocycles. The number of rotatable bonds is 8. The van der Waals surface area contributed by atoms with Crippen molar-refractivity contribution < 1.29 is 13.5 Å². The van der Waals surface area contributed by atoms with Crippen molar-refractivity contribution in [1.29, 1.82) is 0 Å².